The number of carbonyl (C=O) groups is 1. The minimum absolute atomic E-state index is 0.0325. The molecule has 0 saturated heterocycles. The van der Waals surface area contributed by atoms with E-state index in [1.807, 2.05) is 0 Å². The molecule has 0 radical (unpaired) electrons. The highest BCUT2D eigenvalue weighted by Gasteiger charge is 2.47. The van der Waals surface area contributed by atoms with Gasteiger partial charge in [0.1, 0.15) is 5.75 Å². The molecule has 108 valence electrons. The smallest absolute Gasteiger partial charge is 0.258 e. The maximum atomic E-state index is 11.9. The van der Waals surface area contributed by atoms with Crippen LogP contribution < -0.4 is 15.8 Å². The predicted molar refractivity (Wildman–Crippen MR) is 77.7 cm³/mol. The van der Waals surface area contributed by atoms with Gasteiger partial charge in [0.05, 0.1) is 0 Å². The van der Waals surface area contributed by atoms with Crippen molar-refractivity contribution in [3.8, 4) is 5.75 Å². The fourth-order valence-corrected chi connectivity index (χ4v) is 3.45. The molecule has 3 rings (SSSR count). The summed E-state index contributed by atoms with van der Waals surface area (Å²) < 4.78 is 5.44. The van der Waals surface area contributed by atoms with Crippen LogP contribution in [0.4, 0.5) is 0 Å². The van der Waals surface area contributed by atoms with Crippen LogP contribution >= 0.6 is 11.6 Å². The van der Waals surface area contributed by atoms with Crippen LogP contribution in [-0.2, 0) is 4.79 Å². The summed E-state index contributed by atoms with van der Waals surface area (Å²) in [4.78, 5) is 11.9. The summed E-state index contributed by atoms with van der Waals surface area (Å²) >= 11 is 5.79. The molecule has 20 heavy (non-hydrogen) atoms. The Hall–Kier alpha value is -1.26. The van der Waals surface area contributed by atoms with Crippen LogP contribution in [-0.4, -0.2) is 24.6 Å². The molecule has 0 aromatic heterocycles. The van der Waals surface area contributed by atoms with Gasteiger partial charge in [-0.15, -0.1) is 0 Å². The molecule has 1 aromatic rings. The van der Waals surface area contributed by atoms with E-state index in [9.17, 15) is 4.79 Å². The lowest BCUT2D eigenvalue weighted by Crippen LogP contribution is -2.43. The second-order valence-corrected chi connectivity index (χ2v) is 6.16. The van der Waals surface area contributed by atoms with E-state index in [0.717, 1.165) is 6.42 Å². The zero-order chi connectivity index (χ0) is 14.1. The van der Waals surface area contributed by atoms with Gasteiger partial charge in [0.25, 0.3) is 5.91 Å². The maximum Gasteiger partial charge on any atom is 0.258 e. The van der Waals surface area contributed by atoms with E-state index in [1.54, 1.807) is 24.3 Å². The van der Waals surface area contributed by atoms with Crippen molar-refractivity contribution >= 4 is 17.5 Å². The Morgan fingerprint density at radius 1 is 1.30 bits per heavy atom. The lowest BCUT2D eigenvalue weighted by atomic mass is 9.74. The highest BCUT2D eigenvalue weighted by Crippen LogP contribution is 2.46. The molecule has 4 atom stereocenters. The van der Waals surface area contributed by atoms with Crippen LogP contribution in [0.2, 0.25) is 5.02 Å². The van der Waals surface area contributed by atoms with Gasteiger partial charge in [0.2, 0.25) is 0 Å². The van der Waals surface area contributed by atoms with Gasteiger partial charge in [-0.1, -0.05) is 11.6 Å². The van der Waals surface area contributed by atoms with E-state index in [2.05, 4.69) is 5.32 Å². The standard InChI is InChI=1S/C15H19ClN2O2/c16-9-1-3-10(4-2-9)20-8-15(19)18-14-7-13(17)11-5-6-12(11)14/h1-4,11-14H,5-8,17H2,(H,18,19)/t11-,12?,13+,14-/m1/s1. The van der Waals surface area contributed by atoms with Crippen molar-refractivity contribution in [3.05, 3.63) is 29.3 Å². The first kappa shape index (κ1) is 13.7. The average molecular weight is 295 g/mol. The number of ether oxygens (including phenoxy) is 1. The molecular formula is C15H19ClN2O2. The minimum atomic E-state index is -0.0790. The van der Waals surface area contributed by atoms with Crippen molar-refractivity contribution in [1.82, 2.24) is 5.32 Å². The third-order valence-electron chi connectivity index (χ3n) is 4.51. The molecule has 3 N–H and O–H groups in total. The lowest BCUT2D eigenvalue weighted by Gasteiger charge is -2.35. The van der Waals surface area contributed by atoms with Crippen molar-refractivity contribution in [2.24, 2.45) is 17.6 Å². The summed E-state index contributed by atoms with van der Waals surface area (Å²) in [5.41, 5.74) is 6.07. The first-order chi connectivity index (χ1) is 9.63. The molecule has 1 unspecified atom stereocenters. The fourth-order valence-electron chi connectivity index (χ4n) is 3.32. The summed E-state index contributed by atoms with van der Waals surface area (Å²) in [6, 6.07) is 7.46. The van der Waals surface area contributed by atoms with Crippen molar-refractivity contribution in [2.75, 3.05) is 6.61 Å². The Kier molecular flexibility index (Phi) is 3.85. The number of hydrogen-bond donors (Lipinski definition) is 2. The van der Waals surface area contributed by atoms with E-state index >= 15 is 0 Å². The Bertz CT molecular complexity index is 491. The van der Waals surface area contributed by atoms with Crippen LogP contribution in [0.1, 0.15) is 19.3 Å². The third kappa shape index (κ3) is 2.76. The number of nitrogens with one attached hydrogen (secondary N) is 1. The van der Waals surface area contributed by atoms with Crippen molar-refractivity contribution in [2.45, 2.75) is 31.3 Å². The van der Waals surface area contributed by atoms with Gasteiger partial charge in [-0.25, -0.2) is 0 Å². The highest BCUT2D eigenvalue weighted by atomic mass is 35.5. The van der Waals surface area contributed by atoms with Crippen molar-refractivity contribution in [3.63, 3.8) is 0 Å². The topological polar surface area (TPSA) is 64.3 Å². The second-order valence-electron chi connectivity index (χ2n) is 5.72. The fraction of sp³-hybridized carbons (Fsp3) is 0.533. The summed E-state index contributed by atoms with van der Waals surface area (Å²) in [6.07, 6.45) is 3.28. The van der Waals surface area contributed by atoms with Crippen LogP contribution in [0.3, 0.4) is 0 Å². The Balaban J connectivity index is 1.47. The number of carbonyl (C=O) groups excluding carboxylic acids is 1. The van der Waals surface area contributed by atoms with Gasteiger partial charge in [-0.2, -0.15) is 0 Å². The molecule has 2 saturated carbocycles. The minimum Gasteiger partial charge on any atom is -0.484 e. The van der Waals surface area contributed by atoms with Gasteiger partial charge in [0, 0.05) is 17.1 Å². The summed E-state index contributed by atoms with van der Waals surface area (Å²) in [7, 11) is 0. The number of benzene rings is 1. The van der Waals surface area contributed by atoms with Crippen LogP contribution in [0.15, 0.2) is 24.3 Å². The van der Waals surface area contributed by atoms with E-state index in [-0.39, 0.29) is 24.6 Å². The summed E-state index contributed by atoms with van der Waals surface area (Å²) in [5.74, 6) is 1.75. The Morgan fingerprint density at radius 2 is 2.00 bits per heavy atom. The second kappa shape index (κ2) is 5.62. The normalized spacial score (nSPS) is 31.3. The molecule has 4 nitrogen and oxygen atoms in total. The SMILES string of the molecule is N[C@H]1C[C@@H](NC(=O)COc2ccc(Cl)cc2)C2CC[C@H]21. The number of fused-ring (bicyclic) bond motifs is 1. The van der Waals surface area contributed by atoms with Gasteiger partial charge in [-0.05, 0) is 55.4 Å². The number of halogens is 1. The van der Waals surface area contributed by atoms with E-state index < -0.39 is 0 Å². The quantitative estimate of drug-likeness (QED) is 0.892. The largest absolute Gasteiger partial charge is 0.484 e. The van der Waals surface area contributed by atoms with E-state index in [1.165, 1.54) is 12.8 Å². The lowest BCUT2D eigenvalue weighted by molar-refractivity contribution is -0.124. The molecule has 5 heteroatoms. The Morgan fingerprint density at radius 3 is 2.60 bits per heavy atom. The van der Waals surface area contributed by atoms with Gasteiger partial charge in [-0.3, -0.25) is 4.79 Å². The van der Waals surface area contributed by atoms with Crippen molar-refractivity contribution in [1.29, 1.82) is 0 Å². The summed E-state index contributed by atoms with van der Waals surface area (Å²) in [6.45, 7) is 0.0325. The molecule has 2 aliphatic rings. The number of amides is 1. The molecule has 0 aliphatic heterocycles. The van der Waals surface area contributed by atoms with Gasteiger partial charge < -0.3 is 15.8 Å². The van der Waals surface area contributed by atoms with Gasteiger partial charge >= 0.3 is 0 Å². The van der Waals surface area contributed by atoms with Crippen LogP contribution in [0.5, 0.6) is 5.75 Å². The zero-order valence-electron chi connectivity index (χ0n) is 11.2. The van der Waals surface area contributed by atoms with Crippen LogP contribution in [0.25, 0.3) is 0 Å². The number of rotatable bonds is 4. The zero-order valence-corrected chi connectivity index (χ0v) is 12.0. The van der Waals surface area contributed by atoms with Gasteiger partial charge in [0.15, 0.2) is 6.61 Å². The number of hydrogen-bond acceptors (Lipinski definition) is 3. The average Bonchev–Trinajstić information content (AvgIpc) is 2.56. The maximum absolute atomic E-state index is 11.9. The monoisotopic (exact) mass is 294 g/mol. The molecule has 2 aliphatic carbocycles. The molecule has 0 bridgehead atoms. The number of nitrogens with two attached hydrogens (primary N) is 1. The highest BCUT2D eigenvalue weighted by molar-refractivity contribution is 6.30. The Labute approximate surface area is 123 Å². The first-order valence-electron chi connectivity index (χ1n) is 7.07. The molecule has 2 fully saturated rings. The molecule has 0 heterocycles. The van der Waals surface area contributed by atoms with E-state index in [4.69, 9.17) is 22.1 Å². The molecule has 1 aromatic carbocycles. The van der Waals surface area contributed by atoms with Crippen LogP contribution in [0, 0.1) is 11.8 Å². The first-order valence-corrected chi connectivity index (χ1v) is 7.44. The predicted octanol–water partition coefficient (Wildman–Crippen LogP) is 1.96. The van der Waals surface area contributed by atoms with E-state index in [0.29, 0.717) is 22.6 Å². The molecular weight excluding hydrogens is 276 g/mol. The third-order valence-corrected chi connectivity index (χ3v) is 4.76. The summed E-state index contributed by atoms with van der Waals surface area (Å²) in [5, 5.41) is 3.70. The van der Waals surface area contributed by atoms with Crippen molar-refractivity contribution < 1.29 is 9.53 Å². The molecule has 0 spiro atoms. The molecule has 1 amide bonds.